The topological polar surface area (TPSA) is 97.6 Å². The number of nitrogens with zero attached hydrogens (tertiary/aromatic N) is 3. The molecule has 8 heteroatoms. The van der Waals surface area contributed by atoms with Gasteiger partial charge in [-0.1, -0.05) is 49.0 Å². The van der Waals surface area contributed by atoms with Gasteiger partial charge in [0.25, 0.3) is 0 Å². The Bertz CT molecular complexity index is 929. The Morgan fingerprint density at radius 1 is 1.12 bits per heavy atom. The third-order valence-corrected chi connectivity index (χ3v) is 7.02. The monoisotopic (exact) mass is 468 g/mol. The predicted molar refractivity (Wildman–Crippen MR) is 127 cm³/mol. The second-order valence-electron chi connectivity index (χ2n) is 9.64. The summed E-state index contributed by atoms with van der Waals surface area (Å²) in [6.45, 7) is 3.72. The molecule has 2 fully saturated rings. The molecule has 4 rings (SSSR count). The molecule has 0 radical (unpaired) electrons. The molecule has 1 aromatic heterocycles. The van der Waals surface area contributed by atoms with Crippen LogP contribution in [-0.4, -0.2) is 46.6 Å². The van der Waals surface area contributed by atoms with E-state index in [-0.39, 0.29) is 11.8 Å². The maximum absolute atomic E-state index is 12.8. The second kappa shape index (κ2) is 11.5. The number of para-hydroxylation sites is 1. The van der Waals surface area contributed by atoms with Crippen LogP contribution in [-0.2, 0) is 21.5 Å². The first-order valence-corrected chi connectivity index (χ1v) is 12.6. The highest BCUT2D eigenvalue weighted by atomic mass is 16.5. The van der Waals surface area contributed by atoms with Gasteiger partial charge in [0.2, 0.25) is 17.7 Å². The van der Waals surface area contributed by atoms with Crippen LogP contribution in [0.25, 0.3) is 0 Å². The molecular weight excluding hydrogens is 432 g/mol. The summed E-state index contributed by atoms with van der Waals surface area (Å²) in [4.78, 5) is 31.2. The van der Waals surface area contributed by atoms with Gasteiger partial charge in [-0.2, -0.15) is 4.98 Å². The molecule has 1 aliphatic carbocycles. The largest absolute Gasteiger partial charge is 0.493 e. The molecule has 1 aliphatic heterocycles. The first kappa shape index (κ1) is 24.2. The molecule has 2 aliphatic rings. The number of aromatic nitrogens is 2. The highest BCUT2D eigenvalue weighted by Crippen LogP contribution is 2.34. The molecule has 1 saturated carbocycles. The number of aryl methyl sites for hydroxylation is 1. The molecule has 184 valence electrons. The van der Waals surface area contributed by atoms with Gasteiger partial charge >= 0.3 is 0 Å². The van der Waals surface area contributed by atoms with Crippen molar-refractivity contribution in [3.05, 3.63) is 42.0 Å². The Morgan fingerprint density at radius 2 is 1.82 bits per heavy atom. The van der Waals surface area contributed by atoms with E-state index in [9.17, 15) is 9.59 Å². The summed E-state index contributed by atoms with van der Waals surface area (Å²) in [7, 11) is 0. The van der Waals surface area contributed by atoms with Gasteiger partial charge in [-0.3, -0.25) is 9.59 Å². The first-order valence-electron chi connectivity index (χ1n) is 12.6. The molecule has 2 aromatic rings. The number of carbonyl (C=O) groups excluding carboxylic acids is 2. The Hall–Kier alpha value is -2.90. The molecule has 0 atom stereocenters. The number of likely N-dealkylation sites (tertiary alicyclic amines) is 1. The van der Waals surface area contributed by atoms with Crippen molar-refractivity contribution in [2.75, 3.05) is 19.7 Å². The number of amides is 2. The van der Waals surface area contributed by atoms with Gasteiger partial charge in [-0.05, 0) is 43.7 Å². The van der Waals surface area contributed by atoms with Gasteiger partial charge in [-0.25, -0.2) is 0 Å². The number of carbonyl (C=O) groups is 2. The molecular formula is C26H36N4O4. The molecule has 0 spiro atoms. The lowest BCUT2D eigenvalue weighted by molar-refractivity contribution is -0.132. The predicted octanol–water partition coefficient (Wildman–Crippen LogP) is 4.01. The zero-order chi connectivity index (χ0) is 23.8. The summed E-state index contributed by atoms with van der Waals surface area (Å²) in [5.74, 6) is 2.40. The second-order valence-corrected chi connectivity index (χ2v) is 9.64. The summed E-state index contributed by atoms with van der Waals surface area (Å²) >= 11 is 0. The Balaban J connectivity index is 1.25. The number of ether oxygens (including phenoxy) is 1. The summed E-state index contributed by atoms with van der Waals surface area (Å²) in [6, 6.07) is 9.85. The smallest absolute Gasteiger partial charge is 0.227 e. The summed E-state index contributed by atoms with van der Waals surface area (Å²) in [5.41, 5.74) is -0.558. The number of benzene rings is 1. The minimum Gasteiger partial charge on any atom is -0.493 e. The van der Waals surface area contributed by atoms with Crippen LogP contribution >= 0.6 is 0 Å². The van der Waals surface area contributed by atoms with E-state index in [1.807, 2.05) is 35.2 Å². The number of hydrogen-bond acceptors (Lipinski definition) is 6. The van der Waals surface area contributed by atoms with Crippen LogP contribution in [0.5, 0.6) is 5.75 Å². The van der Waals surface area contributed by atoms with Gasteiger partial charge in [0.05, 0.1) is 6.61 Å². The van der Waals surface area contributed by atoms with Gasteiger partial charge in [0.1, 0.15) is 11.3 Å². The van der Waals surface area contributed by atoms with E-state index in [0.717, 1.165) is 70.2 Å². The summed E-state index contributed by atoms with van der Waals surface area (Å²) in [6.07, 6.45) is 8.63. The Morgan fingerprint density at radius 3 is 2.50 bits per heavy atom. The van der Waals surface area contributed by atoms with Crippen LogP contribution in [0.1, 0.15) is 76.4 Å². The SMILES string of the molecule is CC(=O)NC1(c2noc(CCC(=O)N3CCC(COc4ccccc4)CC3)n2)CCCCCC1. The van der Waals surface area contributed by atoms with Crippen LogP contribution in [0.3, 0.4) is 0 Å². The third-order valence-electron chi connectivity index (χ3n) is 7.02. The molecule has 2 heterocycles. The minimum atomic E-state index is -0.558. The van der Waals surface area contributed by atoms with Crippen LogP contribution < -0.4 is 10.1 Å². The maximum atomic E-state index is 12.8. The molecule has 1 saturated heterocycles. The summed E-state index contributed by atoms with van der Waals surface area (Å²) < 4.78 is 11.4. The van der Waals surface area contributed by atoms with Crippen molar-refractivity contribution >= 4 is 11.8 Å². The van der Waals surface area contributed by atoms with Crippen molar-refractivity contribution in [2.45, 2.75) is 76.7 Å². The molecule has 1 aromatic carbocycles. The number of piperidine rings is 1. The molecule has 2 amide bonds. The first-order chi connectivity index (χ1) is 16.5. The van der Waals surface area contributed by atoms with Gasteiger partial charge < -0.3 is 19.5 Å². The lowest BCUT2D eigenvalue weighted by Crippen LogP contribution is -2.45. The van der Waals surface area contributed by atoms with Gasteiger partial charge in [-0.15, -0.1) is 0 Å². The van der Waals surface area contributed by atoms with E-state index in [1.54, 1.807) is 0 Å². The van der Waals surface area contributed by atoms with Crippen molar-refractivity contribution in [3.8, 4) is 5.75 Å². The van der Waals surface area contributed by atoms with Crippen molar-refractivity contribution in [3.63, 3.8) is 0 Å². The molecule has 1 N–H and O–H groups in total. The van der Waals surface area contributed by atoms with Crippen LogP contribution in [0.2, 0.25) is 0 Å². The lowest BCUT2D eigenvalue weighted by Gasteiger charge is -2.32. The maximum Gasteiger partial charge on any atom is 0.227 e. The normalized spacial score (nSPS) is 18.8. The standard InChI is InChI=1S/C26H36N4O4/c1-20(31)28-26(15-7-2-3-8-16-26)25-27-23(34-29-25)11-12-24(32)30-17-13-21(14-18-30)19-33-22-9-5-4-6-10-22/h4-6,9-10,21H,2-3,7-8,11-19H2,1H3,(H,28,31). The Labute approximate surface area is 201 Å². The van der Waals surface area contributed by atoms with Crippen molar-refractivity contribution < 1.29 is 18.8 Å². The number of rotatable bonds is 8. The fraction of sp³-hybridized carbons (Fsp3) is 0.615. The van der Waals surface area contributed by atoms with Gasteiger partial charge in [0.15, 0.2) is 5.82 Å². The average molecular weight is 469 g/mol. The summed E-state index contributed by atoms with van der Waals surface area (Å²) in [5, 5.41) is 7.31. The molecule has 0 unspecified atom stereocenters. The van der Waals surface area contributed by atoms with Crippen molar-refractivity contribution in [1.82, 2.24) is 20.4 Å². The van der Waals surface area contributed by atoms with Crippen LogP contribution in [0.4, 0.5) is 0 Å². The van der Waals surface area contributed by atoms with E-state index in [4.69, 9.17) is 9.26 Å². The fourth-order valence-corrected chi connectivity index (χ4v) is 5.08. The molecule has 8 nitrogen and oxygen atoms in total. The minimum absolute atomic E-state index is 0.0824. The zero-order valence-corrected chi connectivity index (χ0v) is 20.1. The third kappa shape index (κ3) is 6.36. The highest BCUT2D eigenvalue weighted by molar-refractivity contribution is 5.76. The van der Waals surface area contributed by atoms with E-state index in [2.05, 4.69) is 15.5 Å². The average Bonchev–Trinajstić information content (AvgIpc) is 3.22. The number of hydrogen-bond donors (Lipinski definition) is 1. The zero-order valence-electron chi connectivity index (χ0n) is 20.1. The van der Waals surface area contributed by atoms with E-state index < -0.39 is 5.54 Å². The van der Waals surface area contributed by atoms with E-state index in [0.29, 0.717) is 37.1 Å². The van der Waals surface area contributed by atoms with Crippen LogP contribution in [0, 0.1) is 5.92 Å². The van der Waals surface area contributed by atoms with Crippen molar-refractivity contribution in [1.29, 1.82) is 0 Å². The quantitative estimate of drug-likeness (QED) is 0.588. The Kier molecular flexibility index (Phi) is 8.19. The highest BCUT2D eigenvalue weighted by Gasteiger charge is 2.38. The van der Waals surface area contributed by atoms with Crippen molar-refractivity contribution in [2.24, 2.45) is 5.92 Å². The molecule has 34 heavy (non-hydrogen) atoms. The fourth-order valence-electron chi connectivity index (χ4n) is 5.08. The van der Waals surface area contributed by atoms with E-state index in [1.165, 1.54) is 6.92 Å². The van der Waals surface area contributed by atoms with Crippen LogP contribution in [0.15, 0.2) is 34.9 Å². The molecule has 0 bridgehead atoms. The number of nitrogens with one attached hydrogen (secondary N) is 1. The van der Waals surface area contributed by atoms with Gasteiger partial charge in [0, 0.05) is 32.9 Å². The lowest BCUT2D eigenvalue weighted by atomic mass is 9.89. The van der Waals surface area contributed by atoms with E-state index >= 15 is 0 Å².